The van der Waals surface area contributed by atoms with Crippen molar-refractivity contribution in [3.05, 3.63) is 24.3 Å². The maximum atomic E-state index is 8.91. The van der Waals surface area contributed by atoms with Crippen molar-refractivity contribution in [1.29, 1.82) is 0 Å². The van der Waals surface area contributed by atoms with Gasteiger partial charge in [0.1, 0.15) is 11.0 Å². The van der Waals surface area contributed by atoms with Gasteiger partial charge in [-0.05, 0) is 19.1 Å². The number of nitrogens with zero attached hydrogens (tertiary/aromatic N) is 3. The molecule has 4 nitrogen and oxygen atoms in total. The molecule has 0 fully saturated rings. The van der Waals surface area contributed by atoms with Gasteiger partial charge in [0, 0.05) is 0 Å². The van der Waals surface area contributed by atoms with E-state index in [9.17, 15) is 0 Å². The van der Waals surface area contributed by atoms with Crippen LogP contribution in [-0.2, 0) is 0 Å². The Balaban J connectivity index is 2.49. The first-order chi connectivity index (χ1) is 6.31. The summed E-state index contributed by atoms with van der Waals surface area (Å²) in [5.41, 5.74) is 1.73. The van der Waals surface area contributed by atoms with E-state index < -0.39 is 0 Å². The van der Waals surface area contributed by atoms with Crippen molar-refractivity contribution in [2.75, 3.05) is 6.61 Å². The maximum absolute atomic E-state index is 8.91. The second-order valence-corrected chi connectivity index (χ2v) is 3.04. The summed E-state index contributed by atoms with van der Waals surface area (Å²) in [6.45, 7) is 1.93. The monoisotopic (exact) mass is 177 g/mol. The molecule has 0 bridgehead atoms. The lowest BCUT2D eigenvalue weighted by Crippen LogP contribution is -2.12. The van der Waals surface area contributed by atoms with E-state index in [0.29, 0.717) is 0 Å². The van der Waals surface area contributed by atoms with E-state index in [2.05, 4.69) is 10.2 Å². The lowest BCUT2D eigenvalue weighted by Gasteiger charge is -2.04. The molecule has 13 heavy (non-hydrogen) atoms. The zero-order valence-electron chi connectivity index (χ0n) is 7.38. The molecule has 4 heteroatoms. The van der Waals surface area contributed by atoms with Crippen LogP contribution in [-0.4, -0.2) is 26.7 Å². The van der Waals surface area contributed by atoms with Crippen LogP contribution >= 0.6 is 0 Å². The lowest BCUT2D eigenvalue weighted by molar-refractivity contribution is 0.219. The lowest BCUT2D eigenvalue weighted by atomic mass is 10.3. The fourth-order valence-corrected chi connectivity index (χ4v) is 1.15. The SMILES string of the molecule is CC(CO)n1nc2ccccc2n1. The minimum absolute atomic E-state index is 0.0565. The first-order valence-electron chi connectivity index (χ1n) is 4.23. The number of aliphatic hydroxyl groups is 1. The summed E-state index contributed by atoms with van der Waals surface area (Å²) in [6.07, 6.45) is 0. The number of rotatable bonds is 2. The van der Waals surface area contributed by atoms with Crippen LogP contribution in [0.25, 0.3) is 11.0 Å². The van der Waals surface area contributed by atoms with Crippen LogP contribution in [0.2, 0.25) is 0 Å². The summed E-state index contributed by atoms with van der Waals surface area (Å²) in [6, 6.07) is 7.59. The summed E-state index contributed by atoms with van der Waals surface area (Å²) >= 11 is 0. The normalized spacial score (nSPS) is 13.4. The van der Waals surface area contributed by atoms with Crippen LogP contribution in [0, 0.1) is 0 Å². The highest BCUT2D eigenvalue weighted by Crippen LogP contribution is 2.10. The van der Waals surface area contributed by atoms with Crippen LogP contribution in [0.5, 0.6) is 0 Å². The summed E-state index contributed by atoms with van der Waals surface area (Å²) in [7, 11) is 0. The van der Waals surface area contributed by atoms with Crippen molar-refractivity contribution in [1.82, 2.24) is 15.0 Å². The third kappa shape index (κ3) is 1.40. The highest BCUT2D eigenvalue weighted by Gasteiger charge is 2.06. The van der Waals surface area contributed by atoms with Gasteiger partial charge in [-0.2, -0.15) is 15.0 Å². The molecular weight excluding hydrogens is 166 g/mol. The standard InChI is InChI=1S/C9H11N3O/c1-7(6-13)12-10-8-4-2-3-5-9(8)11-12/h2-5,7,13H,6H2,1H3. The average molecular weight is 177 g/mol. The van der Waals surface area contributed by atoms with E-state index in [1.54, 1.807) is 4.80 Å². The van der Waals surface area contributed by atoms with Gasteiger partial charge in [0.05, 0.1) is 12.6 Å². The van der Waals surface area contributed by atoms with E-state index >= 15 is 0 Å². The van der Waals surface area contributed by atoms with Gasteiger partial charge in [-0.15, -0.1) is 0 Å². The largest absolute Gasteiger partial charge is 0.394 e. The van der Waals surface area contributed by atoms with E-state index in [-0.39, 0.29) is 12.6 Å². The van der Waals surface area contributed by atoms with Gasteiger partial charge in [0.2, 0.25) is 0 Å². The Bertz CT molecular complexity index is 377. The molecule has 2 aromatic rings. The highest BCUT2D eigenvalue weighted by molar-refractivity contribution is 5.72. The zero-order valence-corrected chi connectivity index (χ0v) is 7.38. The molecule has 0 saturated carbocycles. The van der Waals surface area contributed by atoms with Gasteiger partial charge < -0.3 is 5.11 Å². The predicted octanol–water partition coefficient (Wildman–Crippen LogP) is 0.985. The molecule has 68 valence electrons. The van der Waals surface area contributed by atoms with Crippen LogP contribution in [0.15, 0.2) is 24.3 Å². The second kappa shape index (κ2) is 3.14. The summed E-state index contributed by atoms with van der Waals surface area (Å²) in [4.78, 5) is 1.55. The third-order valence-electron chi connectivity index (χ3n) is 1.96. The minimum Gasteiger partial charge on any atom is -0.394 e. The average Bonchev–Trinajstić information content (AvgIpc) is 2.59. The quantitative estimate of drug-likeness (QED) is 0.744. The fraction of sp³-hybridized carbons (Fsp3) is 0.333. The molecule has 2 rings (SSSR count). The molecule has 1 aromatic heterocycles. The molecule has 0 amide bonds. The third-order valence-corrected chi connectivity index (χ3v) is 1.96. The van der Waals surface area contributed by atoms with Gasteiger partial charge >= 0.3 is 0 Å². The first-order valence-corrected chi connectivity index (χ1v) is 4.23. The molecule has 0 aliphatic rings. The highest BCUT2D eigenvalue weighted by atomic mass is 16.3. The van der Waals surface area contributed by atoms with Crippen molar-refractivity contribution in [3.63, 3.8) is 0 Å². The number of hydrogen-bond acceptors (Lipinski definition) is 3. The predicted molar refractivity (Wildman–Crippen MR) is 49.3 cm³/mol. The Kier molecular flexibility index (Phi) is 1.98. The molecule has 0 aliphatic heterocycles. The number of aliphatic hydroxyl groups excluding tert-OH is 1. The molecule has 1 atom stereocenters. The van der Waals surface area contributed by atoms with E-state index in [1.807, 2.05) is 31.2 Å². The van der Waals surface area contributed by atoms with E-state index in [4.69, 9.17) is 5.11 Å². The Morgan fingerprint density at radius 2 is 1.85 bits per heavy atom. The second-order valence-electron chi connectivity index (χ2n) is 3.04. The van der Waals surface area contributed by atoms with Crippen molar-refractivity contribution >= 4 is 11.0 Å². The maximum Gasteiger partial charge on any atom is 0.113 e. The Morgan fingerprint density at radius 3 is 2.31 bits per heavy atom. The smallest absolute Gasteiger partial charge is 0.113 e. The number of fused-ring (bicyclic) bond motifs is 1. The van der Waals surface area contributed by atoms with Crippen molar-refractivity contribution < 1.29 is 5.11 Å². The topological polar surface area (TPSA) is 50.9 Å². The van der Waals surface area contributed by atoms with Crippen LogP contribution in [0.4, 0.5) is 0 Å². The van der Waals surface area contributed by atoms with Gasteiger partial charge in [-0.3, -0.25) is 0 Å². The van der Waals surface area contributed by atoms with E-state index in [1.165, 1.54) is 0 Å². The summed E-state index contributed by atoms with van der Waals surface area (Å²) < 4.78 is 0. The summed E-state index contributed by atoms with van der Waals surface area (Å²) in [5, 5.41) is 17.4. The Labute approximate surface area is 75.8 Å². The number of aromatic nitrogens is 3. The van der Waals surface area contributed by atoms with Crippen LogP contribution in [0.1, 0.15) is 13.0 Å². The molecule has 0 radical (unpaired) electrons. The first kappa shape index (κ1) is 8.19. The zero-order chi connectivity index (χ0) is 9.26. The molecule has 1 unspecified atom stereocenters. The van der Waals surface area contributed by atoms with Crippen molar-refractivity contribution in [2.45, 2.75) is 13.0 Å². The van der Waals surface area contributed by atoms with Crippen molar-refractivity contribution in [2.24, 2.45) is 0 Å². The van der Waals surface area contributed by atoms with Crippen LogP contribution in [0.3, 0.4) is 0 Å². The van der Waals surface area contributed by atoms with Gasteiger partial charge in [-0.25, -0.2) is 0 Å². The molecule has 1 heterocycles. The summed E-state index contributed by atoms with van der Waals surface area (Å²) in [5.74, 6) is 0. The molecular formula is C9H11N3O. The molecule has 1 N–H and O–H groups in total. The van der Waals surface area contributed by atoms with Gasteiger partial charge in [0.25, 0.3) is 0 Å². The molecule has 0 aliphatic carbocycles. The van der Waals surface area contributed by atoms with Crippen LogP contribution < -0.4 is 0 Å². The Hall–Kier alpha value is -1.42. The molecule has 0 saturated heterocycles. The van der Waals surface area contributed by atoms with Gasteiger partial charge in [0.15, 0.2) is 0 Å². The fourth-order valence-electron chi connectivity index (χ4n) is 1.15. The number of benzene rings is 1. The number of hydrogen-bond donors (Lipinski definition) is 1. The molecule has 1 aromatic carbocycles. The minimum atomic E-state index is -0.0626. The van der Waals surface area contributed by atoms with Crippen molar-refractivity contribution in [3.8, 4) is 0 Å². The Morgan fingerprint density at radius 1 is 1.31 bits per heavy atom. The van der Waals surface area contributed by atoms with E-state index in [0.717, 1.165) is 11.0 Å². The van der Waals surface area contributed by atoms with Gasteiger partial charge in [-0.1, -0.05) is 12.1 Å². The molecule has 0 spiro atoms.